The van der Waals surface area contributed by atoms with Crippen LogP contribution < -0.4 is 0 Å². The smallest absolute Gasteiger partial charge is 0.254 e. The number of carbonyl (C=O) groups excluding carboxylic acids is 1. The van der Waals surface area contributed by atoms with E-state index in [-0.39, 0.29) is 16.8 Å². The third kappa shape index (κ3) is 4.90. The second-order valence-corrected chi connectivity index (χ2v) is 10.6. The monoisotopic (exact) mass is 455 g/mol. The van der Waals surface area contributed by atoms with Crippen LogP contribution in [-0.2, 0) is 16.4 Å². The molecule has 1 saturated carbocycles. The van der Waals surface area contributed by atoms with Gasteiger partial charge in [-0.2, -0.15) is 4.31 Å². The molecule has 2 aliphatic rings. The first-order chi connectivity index (χ1) is 15.4. The predicted octanol–water partition coefficient (Wildman–Crippen LogP) is 3.25. The molecule has 172 valence electrons. The summed E-state index contributed by atoms with van der Waals surface area (Å²) in [6, 6.07) is 17.6. The summed E-state index contributed by atoms with van der Waals surface area (Å²) in [5, 5.41) is 0. The quantitative estimate of drug-likeness (QED) is 0.613. The van der Waals surface area contributed by atoms with Gasteiger partial charge in [-0.3, -0.25) is 9.69 Å². The van der Waals surface area contributed by atoms with Crippen LogP contribution in [0.1, 0.15) is 42.6 Å². The molecule has 2 aromatic carbocycles. The van der Waals surface area contributed by atoms with E-state index in [9.17, 15) is 13.2 Å². The van der Waals surface area contributed by atoms with Gasteiger partial charge in [0.05, 0.1) is 4.90 Å². The van der Waals surface area contributed by atoms with Crippen molar-refractivity contribution >= 4 is 15.9 Å². The maximum absolute atomic E-state index is 13.4. The lowest BCUT2D eigenvalue weighted by Crippen LogP contribution is -2.56. The molecule has 0 spiro atoms. The summed E-state index contributed by atoms with van der Waals surface area (Å²) in [6.07, 6.45) is 3.34. The van der Waals surface area contributed by atoms with Crippen LogP contribution in [0.4, 0.5) is 0 Å². The highest BCUT2D eigenvalue weighted by Crippen LogP contribution is 2.30. The fourth-order valence-electron chi connectivity index (χ4n) is 4.63. The number of amides is 1. The van der Waals surface area contributed by atoms with Crippen molar-refractivity contribution in [3.05, 3.63) is 65.7 Å². The Morgan fingerprint density at radius 2 is 1.62 bits per heavy atom. The molecule has 1 unspecified atom stereocenters. The van der Waals surface area contributed by atoms with Crippen molar-refractivity contribution in [1.82, 2.24) is 14.1 Å². The van der Waals surface area contributed by atoms with E-state index in [0.29, 0.717) is 31.2 Å². The largest absolute Gasteiger partial charge is 0.333 e. The highest BCUT2D eigenvalue weighted by molar-refractivity contribution is 7.89. The SMILES string of the molecule is CCN(CC)S(=O)(=O)c1ccc(C(=O)N2CCN(C3CC3)CC2Cc2ccccc2)cc1. The fraction of sp³-hybridized carbons (Fsp3) is 0.480. The minimum atomic E-state index is -3.53. The lowest BCUT2D eigenvalue weighted by Gasteiger charge is -2.42. The number of hydrogen-bond donors (Lipinski definition) is 0. The second kappa shape index (κ2) is 9.73. The molecule has 1 heterocycles. The van der Waals surface area contributed by atoms with Crippen molar-refractivity contribution in [1.29, 1.82) is 0 Å². The average Bonchev–Trinajstić information content (AvgIpc) is 3.66. The maximum Gasteiger partial charge on any atom is 0.254 e. The van der Waals surface area contributed by atoms with Gasteiger partial charge < -0.3 is 4.90 Å². The lowest BCUT2D eigenvalue weighted by molar-refractivity contribution is 0.0437. The number of nitrogens with zero attached hydrogens (tertiary/aromatic N) is 3. The van der Waals surface area contributed by atoms with Crippen LogP contribution in [0.25, 0.3) is 0 Å². The minimum absolute atomic E-state index is 0.0202. The molecule has 1 aliphatic heterocycles. The molecule has 2 aromatic rings. The third-order valence-electron chi connectivity index (χ3n) is 6.60. The lowest BCUT2D eigenvalue weighted by atomic mass is 10.0. The normalized spacial score (nSPS) is 20.0. The van der Waals surface area contributed by atoms with Crippen molar-refractivity contribution in [2.45, 2.75) is 50.1 Å². The van der Waals surface area contributed by atoms with Crippen LogP contribution >= 0.6 is 0 Å². The first-order valence-corrected chi connectivity index (χ1v) is 13.1. The second-order valence-electron chi connectivity index (χ2n) is 8.68. The highest BCUT2D eigenvalue weighted by atomic mass is 32.2. The maximum atomic E-state index is 13.4. The number of sulfonamides is 1. The van der Waals surface area contributed by atoms with Gasteiger partial charge in [0.1, 0.15) is 0 Å². The first kappa shape index (κ1) is 23.0. The zero-order chi connectivity index (χ0) is 22.7. The Bertz CT molecular complexity index is 1020. The summed E-state index contributed by atoms with van der Waals surface area (Å²) < 4.78 is 27.0. The highest BCUT2D eigenvalue weighted by Gasteiger charge is 2.37. The molecular weight excluding hydrogens is 422 g/mol. The standard InChI is InChI=1S/C25H33N3O3S/c1-3-27(4-2)32(30,31)24-14-10-21(11-15-24)25(29)28-17-16-26(22-12-13-22)19-23(28)18-20-8-6-5-7-9-20/h5-11,14-15,22-23H,3-4,12-13,16-19H2,1-2H3. The molecule has 7 heteroatoms. The Hall–Kier alpha value is -2.22. The van der Waals surface area contributed by atoms with Crippen LogP contribution in [0, 0.1) is 0 Å². The van der Waals surface area contributed by atoms with Gasteiger partial charge in [0.15, 0.2) is 0 Å². The molecule has 4 rings (SSSR count). The minimum Gasteiger partial charge on any atom is -0.333 e. The van der Waals surface area contributed by atoms with Gasteiger partial charge in [-0.15, -0.1) is 0 Å². The summed E-state index contributed by atoms with van der Waals surface area (Å²) in [5.74, 6) is -0.0202. The van der Waals surface area contributed by atoms with Crippen molar-refractivity contribution in [2.24, 2.45) is 0 Å². The Morgan fingerprint density at radius 1 is 0.969 bits per heavy atom. The summed E-state index contributed by atoms with van der Waals surface area (Å²) >= 11 is 0. The van der Waals surface area contributed by atoms with E-state index in [2.05, 4.69) is 17.0 Å². The fourth-order valence-corrected chi connectivity index (χ4v) is 6.08. The Morgan fingerprint density at radius 3 is 2.22 bits per heavy atom. The van der Waals surface area contributed by atoms with Gasteiger partial charge in [-0.05, 0) is 49.1 Å². The Balaban J connectivity index is 1.53. The number of benzene rings is 2. The molecule has 0 N–H and O–H groups in total. The van der Waals surface area contributed by atoms with Crippen LogP contribution in [0.2, 0.25) is 0 Å². The van der Waals surface area contributed by atoms with Crippen LogP contribution in [-0.4, -0.2) is 73.2 Å². The van der Waals surface area contributed by atoms with Gasteiger partial charge in [0.2, 0.25) is 10.0 Å². The molecule has 0 radical (unpaired) electrons. The van der Waals surface area contributed by atoms with Crippen molar-refractivity contribution in [3.63, 3.8) is 0 Å². The molecule has 6 nitrogen and oxygen atoms in total. The molecular formula is C25H33N3O3S. The number of piperazine rings is 1. The van der Waals surface area contributed by atoms with E-state index in [1.807, 2.05) is 36.9 Å². The molecule has 1 saturated heterocycles. The van der Waals surface area contributed by atoms with Crippen LogP contribution in [0.3, 0.4) is 0 Å². The molecule has 2 fully saturated rings. The van der Waals surface area contributed by atoms with Gasteiger partial charge in [-0.1, -0.05) is 44.2 Å². The van der Waals surface area contributed by atoms with Crippen LogP contribution in [0.15, 0.2) is 59.5 Å². The zero-order valence-corrected chi connectivity index (χ0v) is 19.8. The van der Waals surface area contributed by atoms with Crippen molar-refractivity contribution in [2.75, 3.05) is 32.7 Å². The van der Waals surface area contributed by atoms with Gasteiger partial charge in [-0.25, -0.2) is 8.42 Å². The van der Waals surface area contributed by atoms with E-state index in [1.165, 1.54) is 22.7 Å². The molecule has 1 aliphatic carbocycles. The predicted molar refractivity (Wildman–Crippen MR) is 126 cm³/mol. The number of hydrogen-bond acceptors (Lipinski definition) is 4. The Labute approximate surface area is 191 Å². The Kier molecular flexibility index (Phi) is 6.98. The average molecular weight is 456 g/mol. The summed E-state index contributed by atoms with van der Waals surface area (Å²) in [7, 11) is -3.53. The third-order valence-corrected chi connectivity index (χ3v) is 8.66. The van der Waals surface area contributed by atoms with E-state index < -0.39 is 10.0 Å². The van der Waals surface area contributed by atoms with Crippen molar-refractivity contribution < 1.29 is 13.2 Å². The summed E-state index contributed by atoms with van der Waals surface area (Å²) in [5.41, 5.74) is 1.77. The van der Waals surface area contributed by atoms with Gasteiger partial charge >= 0.3 is 0 Å². The first-order valence-electron chi connectivity index (χ1n) is 11.6. The molecule has 1 amide bonds. The van der Waals surface area contributed by atoms with Crippen molar-refractivity contribution in [3.8, 4) is 0 Å². The number of carbonyl (C=O) groups is 1. The van der Waals surface area contributed by atoms with E-state index in [4.69, 9.17) is 0 Å². The van der Waals surface area contributed by atoms with E-state index in [1.54, 1.807) is 24.3 Å². The van der Waals surface area contributed by atoms with E-state index in [0.717, 1.165) is 19.5 Å². The van der Waals surface area contributed by atoms with Gasteiger partial charge in [0, 0.05) is 50.4 Å². The molecule has 32 heavy (non-hydrogen) atoms. The van der Waals surface area contributed by atoms with Crippen LogP contribution in [0.5, 0.6) is 0 Å². The number of rotatable bonds is 8. The zero-order valence-electron chi connectivity index (χ0n) is 19.0. The van der Waals surface area contributed by atoms with E-state index >= 15 is 0 Å². The molecule has 1 atom stereocenters. The van der Waals surface area contributed by atoms with Gasteiger partial charge in [0.25, 0.3) is 5.91 Å². The molecule has 0 aromatic heterocycles. The summed E-state index contributed by atoms with van der Waals surface area (Å²) in [4.78, 5) is 18.2. The summed E-state index contributed by atoms with van der Waals surface area (Å²) in [6.45, 7) is 6.99. The molecule has 0 bridgehead atoms. The topological polar surface area (TPSA) is 60.9 Å².